The maximum atomic E-state index is 15.0. The Morgan fingerprint density at radius 2 is 1.49 bits per heavy atom. The van der Waals surface area contributed by atoms with Crippen molar-refractivity contribution in [1.82, 2.24) is 14.5 Å². The van der Waals surface area contributed by atoms with Gasteiger partial charge in [-0.1, -0.05) is 51.0 Å². The number of carbonyl (C=O) groups excluding carboxylic acids is 2. The van der Waals surface area contributed by atoms with E-state index in [0.717, 1.165) is 17.4 Å². The Morgan fingerprint density at radius 3 is 2.04 bits per heavy atom. The lowest BCUT2D eigenvalue weighted by Crippen LogP contribution is -2.43. The number of Topliss-reactive ketones (excluding diaryl/α,β-unsaturated/α-hetero) is 1. The maximum Gasteiger partial charge on any atom is 0.335 e. The largest absolute Gasteiger partial charge is 0.480 e. The Kier molecular flexibility index (Phi) is 11.3. The number of nitrogens with zero attached hydrogens (tertiary/aromatic N) is 2. The molecule has 0 aliphatic rings. The van der Waals surface area contributed by atoms with Crippen LogP contribution in [0.2, 0.25) is 0 Å². The first-order valence-corrected chi connectivity index (χ1v) is 16.7. The van der Waals surface area contributed by atoms with E-state index < -0.39 is 62.1 Å². The van der Waals surface area contributed by atoms with Gasteiger partial charge in [-0.2, -0.15) is 0 Å². The van der Waals surface area contributed by atoms with Crippen molar-refractivity contribution in [2.75, 3.05) is 4.72 Å². The number of hydrogen-bond donors (Lipinski definition) is 3. The summed E-state index contributed by atoms with van der Waals surface area (Å²) in [6, 6.07) is 11.5. The number of carboxylic acids is 1. The van der Waals surface area contributed by atoms with Gasteiger partial charge in [-0.05, 0) is 47.9 Å². The van der Waals surface area contributed by atoms with Crippen LogP contribution in [-0.2, 0) is 28.3 Å². The summed E-state index contributed by atoms with van der Waals surface area (Å²) in [5.74, 6) is -5.77. The van der Waals surface area contributed by atoms with Gasteiger partial charge in [0.05, 0.1) is 16.3 Å². The van der Waals surface area contributed by atoms with Crippen LogP contribution in [0, 0.1) is 17.6 Å². The molecular formula is C34H34F2N4O8S. The fourth-order valence-corrected chi connectivity index (χ4v) is 6.13. The number of rotatable bonds is 14. The third kappa shape index (κ3) is 8.54. The first-order chi connectivity index (χ1) is 23.1. The number of ketones is 1. The number of amides is 1. The highest BCUT2D eigenvalue weighted by Crippen LogP contribution is 2.24. The zero-order valence-electron chi connectivity index (χ0n) is 26.8. The van der Waals surface area contributed by atoms with Crippen LogP contribution >= 0.6 is 0 Å². The van der Waals surface area contributed by atoms with Crippen molar-refractivity contribution >= 4 is 33.4 Å². The number of carboxylic acid groups (broad SMARTS) is 1. The smallest absolute Gasteiger partial charge is 0.335 e. The van der Waals surface area contributed by atoms with E-state index in [-0.39, 0.29) is 28.7 Å². The summed E-state index contributed by atoms with van der Waals surface area (Å²) >= 11 is 0. The normalized spacial score (nSPS) is 12.0. The average molecular weight is 697 g/mol. The number of carbonyl (C=O) groups is 3. The van der Waals surface area contributed by atoms with Crippen LogP contribution in [-0.4, -0.2) is 46.4 Å². The molecular weight excluding hydrogens is 662 g/mol. The lowest BCUT2D eigenvalue weighted by atomic mass is 9.94. The number of nitrogens with one attached hydrogen (secondary N) is 2. The molecule has 0 unspecified atom stereocenters. The standard InChI is InChI=1S/C34H34F2N4O8S/c1-4-20(5-2)17-29(41)22-8-12-25(13-9-22)49(47,48)38-23-18-26(35)31(27(36)19-23)32(43)37-28(33(44)45)16-21-6-10-24(11-7-21)40-30(42)14-15-39(3)34(40)46/h6-15,18-20,28,38H,4-5,16-17H2,1-3H3,(H,37,43)(H,44,45)/t28-/m0/s1. The third-order valence-electron chi connectivity index (χ3n) is 8.03. The fraction of sp³-hybridized carbons (Fsp3) is 0.265. The molecule has 1 atom stereocenters. The van der Waals surface area contributed by atoms with E-state index in [2.05, 4.69) is 5.32 Å². The number of anilines is 1. The first kappa shape index (κ1) is 36.4. The Bertz CT molecular complexity index is 2080. The summed E-state index contributed by atoms with van der Waals surface area (Å²) in [6.07, 6.45) is 2.96. The topological polar surface area (TPSA) is 174 Å². The number of sulfonamides is 1. The van der Waals surface area contributed by atoms with Gasteiger partial charge in [0.25, 0.3) is 21.5 Å². The molecule has 3 aromatic carbocycles. The molecule has 0 saturated heterocycles. The van der Waals surface area contributed by atoms with E-state index in [9.17, 15) is 37.5 Å². The molecule has 4 aromatic rings. The molecule has 0 bridgehead atoms. The van der Waals surface area contributed by atoms with Crippen LogP contribution in [0.3, 0.4) is 0 Å². The molecule has 15 heteroatoms. The molecule has 0 aliphatic carbocycles. The third-order valence-corrected chi connectivity index (χ3v) is 9.43. The molecule has 0 radical (unpaired) electrons. The molecule has 0 fully saturated rings. The van der Waals surface area contributed by atoms with Crippen LogP contribution in [0.5, 0.6) is 0 Å². The predicted molar refractivity (Wildman–Crippen MR) is 177 cm³/mol. The predicted octanol–water partition coefficient (Wildman–Crippen LogP) is 4.05. The molecule has 0 aliphatic heterocycles. The summed E-state index contributed by atoms with van der Waals surface area (Å²) in [5, 5.41) is 11.8. The van der Waals surface area contributed by atoms with Crippen LogP contribution in [0.15, 0.2) is 87.4 Å². The van der Waals surface area contributed by atoms with Crippen molar-refractivity contribution < 1.29 is 36.7 Å². The summed E-state index contributed by atoms with van der Waals surface area (Å²) in [7, 11) is -2.89. The fourth-order valence-electron chi connectivity index (χ4n) is 5.09. The first-order valence-electron chi connectivity index (χ1n) is 15.2. The minimum atomic E-state index is -4.36. The van der Waals surface area contributed by atoms with E-state index >= 15 is 8.78 Å². The van der Waals surface area contributed by atoms with Gasteiger partial charge in [0.2, 0.25) is 0 Å². The number of aromatic nitrogens is 2. The second-order valence-corrected chi connectivity index (χ2v) is 13.1. The molecule has 0 spiro atoms. The van der Waals surface area contributed by atoms with Gasteiger partial charge in [-0.3, -0.25) is 19.1 Å². The molecule has 1 heterocycles. The molecule has 3 N–H and O–H groups in total. The quantitative estimate of drug-likeness (QED) is 0.166. The average Bonchev–Trinajstić information content (AvgIpc) is 3.05. The second kappa shape index (κ2) is 15.2. The number of hydrogen-bond acceptors (Lipinski definition) is 7. The highest BCUT2D eigenvalue weighted by Gasteiger charge is 2.27. The number of halogens is 2. The molecule has 4 rings (SSSR count). The monoisotopic (exact) mass is 696 g/mol. The SMILES string of the molecule is CCC(CC)CC(=O)c1ccc(S(=O)(=O)Nc2cc(F)c(C(=O)N[C@@H](Cc3ccc(-n4c(=O)ccn(C)c4=O)cc3)C(=O)O)c(F)c2)cc1. The molecule has 1 aromatic heterocycles. The zero-order valence-corrected chi connectivity index (χ0v) is 27.6. The summed E-state index contributed by atoms with van der Waals surface area (Å²) in [4.78, 5) is 61.6. The van der Waals surface area contributed by atoms with Crippen molar-refractivity contribution in [1.29, 1.82) is 0 Å². The molecule has 0 saturated carbocycles. The Balaban J connectivity index is 1.47. The van der Waals surface area contributed by atoms with E-state index in [4.69, 9.17) is 0 Å². The lowest BCUT2D eigenvalue weighted by molar-refractivity contribution is -0.139. The van der Waals surface area contributed by atoms with E-state index in [0.29, 0.717) is 29.7 Å². The Labute approximate surface area is 280 Å². The molecule has 1 amide bonds. The summed E-state index contributed by atoms with van der Waals surface area (Å²) < 4.78 is 60.1. The van der Waals surface area contributed by atoms with E-state index in [1.807, 2.05) is 18.6 Å². The van der Waals surface area contributed by atoms with Gasteiger partial charge in [0.15, 0.2) is 5.78 Å². The van der Waals surface area contributed by atoms with Crippen LogP contribution in [0.25, 0.3) is 5.69 Å². The molecule has 258 valence electrons. The summed E-state index contributed by atoms with van der Waals surface area (Å²) in [6.45, 7) is 3.96. The molecule has 49 heavy (non-hydrogen) atoms. The van der Waals surface area contributed by atoms with Crippen LogP contribution < -0.4 is 21.3 Å². The minimum Gasteiger partial charge on any atom is -0.480 e. The van der Waals surface area contributed by atoms with Gasteiger partial charge >= 0.3 is 11.7 Å². The van der Waals surface area contributed by atoms with Crippen molar-refractivity contribution in [3.8, 4) is 5.69 Å². The van der Waals surface area contributed by atoms with Gasteiger partial charge in [-0.25, -0.2) is 31.4 Å². The minimum absolute atomic E-state index is 0.138. The van der Waals surface area contributed by atoms with Gasteiger partial charge in [-0.15, -0.1) is 0 Å². The van der Waals surface area contributed by atoms with E-state index in [1.54, 1.807) is 0 Å². The van der Waals surface area contributed by atoms with Gasteiger partial charge in [0, 0.05) is 37.7 Å². The van der Waals surface area contributed by atoms with Crippen LogP contribution in [0.1, 0.15) is 59.4 Å². The van der Waals surface area contributed by atoms with Crippen LogP contribution in [0.4, 0.5) is 14.5 Å². The molecule has 12 nitrogen and oxygen atoms in total. The Hall–Kier alpha value is -5.44. The van der Waals surface area contributed by atoms with Crippen molar-refractivity contribution in [3.63, 3.8) is 0 Å². The highest BCUT2D eigenvalue weighted by atomic mass is 32.2. The van der Waals surface area contributed by atoms with Crippen molar-refractivity contribution in [2.24, 2.45) is 13.0 Å². The number of aryl methyl sites for hydroxylation is 1. The van der Waals surface area contributed by atoms with Gasteiger partial charge in [0.1, 0.15) is 23.2 Å². The lowest BCUT2D eigenvalue weighted by Gasteiger charge is -2.16. The Morgan fingerprint density at radius 1 is 0.898 bits per heavy atom. The van der Waals surface area contributed by atoms with Crippen molar-refractivity contribution in [2.45, 2.75) is 50.5 Å². The van der Waals surface area contributed by atoms with Gasteiger partial charge < -0.3 is 15.0 Å². The second-order valence-electron chi connectivity index (χ2n) is 11.4. The number of benzene rings is 3. The number of aliphatic carboxylic acids is 1. The highest BCUT2D eigenvalue weighted by molar-refractivity contribution is 7.92. The summed E-state index contributed by atoms with van der Waals surface area (Å²) in [5.41, 5.74) is -1.97. The maximum absolute atomic E-state index is 15.0. The van der Waals surface area contributed by atoms with Crippen molar-refractivity contribution in [3.05, 3.63) is 122 Å². The van der Waals surface area contributed by atoms with E-state index in [1.165, 1.54) is 72.4 Å². The zero-order chi connectivity index (χ0) is 36.0.